The summed E-state index contributed by atoms with van der Waals surface area (Å²) in [6.07, 6.45) is 3.66. The summed E-state index contributed by atoms with van der Waals surface area (Å²) in [7, 11) is 0. The summed E-state index contributed by atoms with van der Waals surface area (Å²) < 4.78 is 5.36. The molecule has 0 N–H and O–H groups in total. The number of fused-ring (bicyclic) bond motifs is 1. The number of halogens is 1. The molecule has 1 aliphatic heterocycles. The molecule has 13 heavy (non-hydrogen) atoms. The maximum absolute atomic E-state index is 5.36. The Hall–Kier alpha value is -0.960. The monoisotopic (exact) mass is 239 g/mol. The van der Waals surface area contributed by atoms with E-state index in [-0.39, 0.29) is 0 Å². The van der Waals surface area contributed by atoms with Crippen molar-refractivity contribution in [3.63, 3.8) is 0 Å². The zero-order valence-electron chi connectivity index (χ0n) is 7.11. The predicted octanol–water partition coefficient (Wildman–Crippen LogP) is 2.75. The summed E-state index contributed by atoms with van der Waals surface area (Å²) in [6, 6.07) is 8.02. The third-order valence-corrected chi connectivity index (χ3v) is 2.29. The number of ether oxygens (including phenoxy) is 1. The van der Waals surface area contributed by atoms with Gasteiger partial charge in [0.05, 0.1) is 5.69 Å². The van der Waals surface area contributed by atoms with Gasteiger partial charge in [-0.15, -0.1) is 0 Å². The molecule has 1 heterocycles. The van der Waals surface area contributed by atoms with Crippen LogP contribution in [0.1, 0.15) is 0 Å². The number of nitrogens with zero attached hydrogens (tertiary/aromatic N) is 1. The van der Waals surface area contributed by atoms with Gasteiger partial charge in [-0.2, -0.15) is 0 Å². The van der Waals surface area contributed by atoms with Crippen molar-refractivity contribution in [2.24, 2.45) is 0 Å². The number of alkyl halides is 1. The van der Waals surface area contributed by atoms with Crippen molar-refractivity contribution in [2.45, 2.75) is 0 Å². The van der Waals surface area contributed by atoms with Crippen LogP contribution in [0.3, 0.4) is 0 Å². The molecule has 0 aromatic heterocycles. The minimum atomic E-state index is 0.922. The Morgan fingerprint density at radius 2 is 2.15 bits per heavy atom. The van der Waals surface area contributed by atoms with Crippen LogP contribution in [-0.2, 0) is 0 Å². The van der Waals surface area contributed by atoms with Crippen molar-refractivity contribution in [1.29, 1.82) is 0 Å². The Morgan fingerprint density at radius 1 is 1.31 bits per heavy atom. The highest BCUT2D eigenvalue weighted by atomic mass is 79.9. The number of benzene rings is 1. The van der Waals surface area contributed by atoms with E-state index in [4.69, 9.17) is 4.74 Å². The van der Waals surface area contributed by atoms with Crippen LogP contribution in [0.5, 0.6) is 5.75 Å². The van der Waals surface area contributed by atoms with Crippen LogP contribution in [0.25, 0.3) is 0 Å². The first kappa shape index (κ1) is 8.63. The molecule has 1 aromatic rings. The highest BCUT2D eigenvalue weighted by Gasteiger charge is 2.11. The second-order valence-electron chi connectivity index (χ2n) is 2.75. The fourth-order valence-corrected chi connectivity index (χ4v) is 1.72. The van der Waals surface area contributed by atoms with E-state index in [1.54, 1.807) is 6.26 Å². The molecule has 0 amide bonds. The second kappa shape index (κ2) is 3.83. The zero-order chi connectivity index (χ0) is 9.10. The molecule has 0 fully saturated rings. The van der Waals surface area contributed by atoms with Gasteiger partial charge in [-0.1, -0.05) is 28.1 Å². The molecular formula is C10H10BrNO. The van der Waals surface area contributed by atoms with E-state index < -0.39 is 0 Å². The topological polar surface area (TPSA) is 12.5 Å². The lowest BCUT2D eigenvalue weighted by Gasteiger charge is -2.24. The van der Waals surface area contributed by atoms with Crippen molar-refractivity contribution >= 4 is 21.6 Å². The molecule has 0 radical (unpaired) electrons. The van der Waals surface area contributed by atoms with Crippen molar-refractivity contribution in [2.75, 3.05) is 16.8 Å². The van der Waals surface area contributed by atoms with Gasteiger partial charge in [0.15, 0.2) is 0 Å². The summed E-state index contributed by atoms with van der Waals surface area (Å²) in [4.78, 5) is 2.16. The molecule has 0 bridgehead atoms. The number of hydrogen-bond acceptors (Lipinski definition) is 2. The lowest BCUT2D eigenvalue weighted by Crippen LogP contribution is -2.21. The highest BCUT2D eigenvalue weighted by Crippen LogP contribution is 2.31. The van der Waals surface area contributed by atoms with Crippen LogP contribution < -0.4 is 9.64 Å². The fourth-order valence-electron chi connectivity index (χ4n) is 1.34. The molecule has 0 saturated carbocycles. The molecule has 0 saturated heterocycles. The maximum atomic E-state index is 5.36. The van der Waals surface area contributed by atoms with Gasteiger partial charge in [0.25, 0.3) is 0 Å². The molecule has 68 valence electrons. The largest absolute Gasteiger partial charge is 0.461 e. The summed E-state index contributed by atoms with van der Waals surface area (Å²) in [5, 5.41) is 0.950. The fraction of sp³-hybridized carbons (Fsp3) is 0.200. The Balaban J connectivity index is 2.31. The van der Waals surface area contributed by atoms with Crippen LogP contribution in [0.15, 0.2) is 36.7 Å². The van der Waals surface area contributed by atoms with Crippen LogP contribution in [0.4, 0.5) is 5.69 Å². The minimum Gasteiger partial charge on any atom is -0.461 e. The van der Waals surface area contributed by atoms with E-state index in [9.17, 15) is 0 Å². The van der Waals surface area contributed by atoms with Crippen molar-refractivity contribution in [3.8, 4) is 5.75 Å². The van der Waals surface area contributed by atoms with E-state index in [1.807, 2.05) is 24.4 Å². The predicted molar refractivity (Wildman–Crippen MR) is 57.4 cm³/mol. The molecule has 0 spiro atoms. The molecule has 2 rings (SSSR count). The molecule has 0 atom stereocenters. The van der Waals surface area contributed by atoms with Gasteiger partial charge in [-0.05, 0) is 12.1 Å². The van der Waals surface area contributed by atoms with Crippen molar-refractivity contribution in [1.82, 2.24) is 0 Å². The molecule has 2 nitrogen and oxygen atoms in total. The van der Waals surface area contributed by atoms with Gasteiger partial charge < -0.3 is 9.64 Å². The van der Waals surface area contributed by atoms with E-state index in [2.05, 4.69) is 26.9 Å². The smallest absolute Gasteiger partial charge is 0.150 e. The quantitative estimate of drug-likeness (QED) is 0.737. The first-order valence-corrected chi connectivity index (χ1v) is 5.29. The first-order chi connectivity index (χ1) is 6.42. The summed E-state index contributed by atoms with van der Waals surface area (Å²) in [5.41, 5.74) is 1.13. The number of hydrogen-bond donors (Lipinski definition) is 0. The van der Waals surface area contributed by atoms with Gasteiger partial charge in [-0.25, -0.2) is 0 Å². The number of para-hydroxylation sites is 2. The summed E-state index contributed by atoms with van der Waals surface area (Å²) in [5.74, 6) is 0.922. The normalized spacial score (nSPS) is 13.8. The van der Waals surface area contributed by atoms with Crippen LogP contribution >= 0.6 is 15.9 Å². The molecule has 3 heteroatoms. The number of anilines is 1. The summed E-state index contributed by atoms with van der Waals surface area (Å²) >= 11 is 3.42. The van der Waals surface area contributed by atoms with Crippen molar-refractivity contribution < 1.29 is 4.74 Å². The summed E-state index contributed by atoms with van der Waals surface area (Å²) in [6.45, 7) is 0.955. The molecular weight excluding hydrogens is 230 g/mol. The van der Waals surface area contributed by atoms with E-state index in [0.29, 0.717) is 0 Å². The van der Waals surface area contributed by atoms with Gasteiger partial charge >= 0.3 is 0 Å². The second-order valence-corrected chi connectivity index (χ2v) is 3.55. The van der Waals surface area contributed by atoms with Gasteiger partial charge in [-0.3, -0.25) is 0 Å². The average molecular weight is 240 g/mol. The van der Waals surface area contributed by atoms with E-state index >= 15 is 0 Å². The SMILES string of the molecule is BrCCN1C=COc2ccccc21. The zero-order valence-corrected chi connectivity index (χ0v) is 8.70. The van der Waals surface area contributed by atoms with Crippen LogP contribution in [0, 0.1) is 0 Å². The molecule has 0 aliphatic carbocycles. The standard InChI is InChI=1S/C10H10BrNO/c11-5-6-12-7-8-13-10-4-2-1-3-9(10)12/h1-4,7-8H,5-6H2. The van der Waals surface area contributed by atoms with Gasteiger partial charge in [0, 0.05) is 18.1 Å². The van der Waals surface area contributed by atoms with Crippen molar-refractivity contribution in [3.05, 3.63) is 36.7 Å². The Morgan fingerprint density at radius 3 is 3.00 bits per heavy atom. The highest BCUT2D eigenvalue weighted by molar-refractivity contribution is 9.09. The lowest BCUT2D eigenvalue weighted by molar-refractivity contribution is 0.470. The first-order valence-electron chi connectivity index (χ1n) is 4.17. The Kier molecular flexibility index (Phi) is 2.54. The third kappa shape index (κ3) is 1.70. The maximum Gasteiger partial charge on any atom is 0.150 e. The molecule has 0 unspecified atom stereocenters. The average Bonchev–Trinajstić information content (AvgIpc) is 2.19. The number of rotatable bonds is 2. The minimum absolute atomic E-state index is 0.922. The van der Waals surface area contributed by atoms with E-state index in [0.717, 1.165) is 23.3 Å². The lowest BCUT2D eigenvalue weighted by atomic mass is 10.2. The molecule has 1 aliphatic rings. The van der Waals surface area contributed by atoms with Gasteiger partial charge in [0.2, 0.25) is 0 Å². The van der Waals surface area contributed by atoms with Gasteiger partial charge in [0.1, 0.15) is 12.0 Å². The third-order valence-electron chi connectivity index (χ3n) is 1.94. The molecule has 1 aromatic carbocycles. The van der Waals surface area contributed by atoms with Crippen LogP contribution in [-0.4, -0.2) is 11.9 Å². The van der Waals surface area contributed by atoms with E-state index in [1.165, 1.54) is 0 Å². The Labute approximate surface area is 85.9 Å². The van der Waals surface area contributed by atoms with Crippen LogP contribution in [0.2, 0.25) is 0 Å². The Bertz CT molecular complexity index is 324.